The molecule has 0 saturated heterocycles. The van der Waals surface area contributed by atoms with Crippen molar-refractivity contribution < 1.29 is 4.84 Å². The third-order valence-electron chi connectivity index (χ3n) is 1.15. The molecule has 0 unspecified atom stereocenters. The van der Waals surface area contributed by atoms with Gasteiger partial charge >= 0.3 is 0 Å². The third-order valence-corrected chi connectivity index (χ3v) is 1.15. The molecule has 1 aliphatic rings. The molecule has 0 aromatic carbocycles. The summed E-state index contributed by atoms with van der Waals surface area (Å²) in [6.45, 7) is 1.60. The Balaban J connectivity index is 2.28. The van der Waals surface area contributed by atoms with Crippen molar-refractivity contribution in [3.8, 4) is 0 Å². The van der Waals surface area contributed by atoms with Gasteiger partial charge < -0.3 is 4.84 Å². The SMILES string of the molecule is [CH]1CC(n2nccn2)=NO1. The fourth-order valence-corrected chi connectivity index (χ4v) is 0.714. The van der Waals surface area contributed by atoms with Crippen LogP contribution in [0.25, 0.3) is 0 Å². The largest absolute Gasteiger partial charge is 0.386 e. The lowest BCUT2D eigenvalue weighted by Crippen LogP contribution is -2.11. The second-order valence-corrected chi connectivity index (χ2v) is 1.80. The molecular formula is C5H5N4O. The Bertz CT molecular complexity index is 240. The van der Waals surface area contributed by atoms with Crippen molar-refractivity contribution in [2.24, 2.45) is 5.16 Å². The van der Waals surface area contributed by atoms with E-state index in [-0.39, 0.29) is 0 Å². The smallest absolute Gasteiger partial charge is 0.193 e. The summed E-state index contributed by atoms with van der Waals surface area (Å²) in [5.41, 5.74) is 0. The van der Waals surface area contributed by atoms with Crippen LogP contribution >= 0.6 is 0 Å². The molecule has 5 heteroatoms. The first-order valence-electron chi connectivity index (χ1n) is 2.88. The molecule has 1 radical (unpaired) electrons. The molecule has 2 rings (SSSR count). The lowest BCUT2D eigenvalue weighted by Gasteiger charge is -1.90. The molecule has 10 heavy (non-hydrogen) atoms. The van der Waals surface area contributed by atoms with Crippen LogP contribution in [0.4, 0.5) is 0 Å². The van der Waals surface area contributed by atoms with Gasteiger partial charge in [0.25, 0.3) is 0 Å². The van der Waals surface area contributed by atoms with E-state index in [1.54, 1.807) is 19.0 Å². The highest BCUT2D eigenvalue weighted by atomic mass is 16.6. The molecular weight excluding hydrogens is 132 g/mol. The average Bonchev–Trinajstić information content (AvgIpc) is 2.59. The predicted octanol–water partition coefficient (Wildman–Crippen LogP) is 0.0218. The number of rotatable bonds is 0. The van der Waals surface area contributed by atoms with Gasteiger partial charge in [-0.3, -0.25) is 0 Å². The molecule has 1 aromatic heterocycles. The Morgan fingerprint density at radius 3 is 2.80 bits per heavy atom. The van der Waals surface area contributed by atoms with Crippen LogP contribution in [0.2, 0.25) is 0 Å². The van der Waals surface area contributed by atoms with Crippen LogP contribution in [-0.4, -0.2) is 20.8 Å². The van der Waals surface area contributed by atoms with Gasteiger partial charge in [0.15, 0.2) is 12.4 Å². The van der Waals surface area contributed by atoms with Crippen molar-refractivity contribution in [3.05, 3.63) is 19.0 Å². The summed E-state index contributed by atoms with van der Waals surface area (Å²) in [5.74, 6) is 0.713. The van der Waals surface area contributed by atoms with Crippen LogP contribution in [0.5, 0.6) is 0 Å². The molecule has 0 amide bonds. The number of hydrogen-bond donors (Lipinski definition) is 0. The van der Waals surface area contributed by atoms with Crippen molar-refractivity contribution in [2.45, 2.75) is 6.42 Å². The van der Waals surface area contributed by atoms with Crippen molar-refractivity contribution in [1.29, 1.82) is 0 Å². The zero-order chi connectivity index (χ0) is 6.81. The standard InChI is InChI=1S/C5H5N4O/c1-4-10-8-5(1)9-6-2-3-7-9/h2-4H,1H2. The Morgan fingerprint density at radius 1 is 1.40 bits per heavy atom. The van der Waals surface area contributed by atoms with Crippen molar-refractivity contribution in [1.82, 2.24) is 15.0 Å². The van der Waals surface area contributed by atoms with Gasteiger partial charge in [-0.1, -0.05) is 5.16 Å². The summed E-state index contributed by atoms with van der Waals surface area (Å²) >= 11 is 0. The summed E-state index contributed by atoms with van der Waals surface area (Å²) < 4.78 is 0. The molecule has 5 nitrogen and oxygen atoms in total. The Hall–Kier alpha value is -1.39. The highest BCUT2D eigenvalue weighted by Gasteiger charge is 2.11. The van der Waals surface area contributed by atoms with Crippen molar-refractivity contribution >= 4 is 5.84 Å². The van der Waals surface area contributed by atoms with Crippen LogP contribution in [0, 0.1) is 6.61 Å². The summed E-state index contributed by atoms with van der Waals surface area (Å²) in [6.07, 6.45) is 3.86. The number of nitrogens with zero attached hydrogens (tertiary/aromatic N) is 4. The van der Waals surface area contributed by atoms with E-state index in [4.69, 9.17) is 0 Å². The second-order valence-electron chi connectivity index (χ2n) is 1.80. The second kappa shape index (κ2) is 2.09. The van der Waals surface area contributed by atoms with E-state index in [0.717, 1.165) is 0 Å². The molecule has 0 atom stereocenters. The molecule has 2 heterocycles. The zero-order valence-corrected chi connectivity index (χ0v) is 5.14. The van der Waals surface area contributed by atoms with Gasteiger partial charge in [0.1, 0.15) is 0 Å². The molecule has 0 aliphatic carbocycles. The topological polar surface area (TPSA) is 52.3 Å². The van der Waals surface area contributed by atoms with Gasteiger partial charge in [0.05, 0.1) is 18.8 Å². The molecule has 51 valence electrons. The lowest BCUT2D eigenvalue weighted by atomic mass is 10.4. The first-order valence-corrected chi connectivity index (χ1v) is 2.88. The van der Waals surface area contributed by atoms with E-state index in [1.807, 2.05) is 0 Å². The number of oxime groups is 1. The van der Waals surface area contributed by atoms with Gasteiger partial charge in [-0.15, -0.1) is 4.80 Å². The van der Waals surface area contributed by atoms with Gasteiger partial charge in [0.2, 0.25) is 0 Å². The van der Waals surface area contributed by atoms with E-state index < -0.39 is 0 Å². The van der Waals surface area contributed by atoms with Crippen LogP contribution in [0.3, 0.4) is 0 Å². The molecule has 0 N–H and O–H groups in total. The molecule has 1 aliphatic heterocycles. The number of aromatic nitrogens is 3. The highest BCUT2D eigenvalue weighted by molar-refractivity contribution is 5.83. The maximum absolute atomic E-state index is 4.64. The van der Waals surface area contributed by atoms with E-state index in [0.29, 0.717) is 12.3 Å². The highest BCUT2D eigenvalue weighted by Crippen LogP contribution is 2.03. The maximum atomic E-state index is 4.64. The molecule has 0 fully saturated rings. The Kier molecular flexibility index (Phi) is 1.13. The summed E-state index contributed by atoms with van der Waals surface area (Å²) in [7, 11) is 0. The quantitative estimate of drug-likeness (QED) is 0.506. The average molecular weight is 137 g/mol. The van der Waals surface area contributed by atoms with E-state index in [2.05, 4.69) is 20.2 Å². The third kappa shape index (κ3) is 0.754. The minimum atomic E-state index is 0.661. The summed E-state index contributed by atoms with van der Waals surface area (Å²) in [4.78, 5) is 6.08. The first-order chi connectivity index (χ1) is 4.97. The van der Waals surface area contributed by atoms with E-state index in [1.165, 1.54) is 4.80 Å². The Labute approximate surface area is 57.3 Å². The maximum Gasteiger partial charge on any atom is 0.193 e. The summed E-state index contributed by atoms with van der Waals surface area (Å²) in [6, 6.07) is 0. The predicted molar refractivity (Wildman–Crippen MR) is 32.9 cm³/mol. The van der Waals surface area contributed by atoms with Gasteiger partial charge in [-0.2, -0.15) is 10.2 Å². The van der Waals surface area contributed by atoms with Crippen LogP contribution < -0.4 is 0 Å². The van der Waals surface area contributed by atoms with Crippen LogP contribution in [0.1, 0.15) is 6.42 Å². The minimum Gasteiger partial charge on any atom is -0.386 e. The van der Waals surface area contributed by atoms with Crippen LogP contribution in [-0.2, 0) is 4.84 Å². The van der Waals surface area contributed by atoms with Gasteiger partial charge in [0, 0.05) is 0 Å². The molecule has 0 spiro atoms. The van der Waals surface area contributed by atoms with Gasteiger partial charge in [-0.25, -0.2) is 0 Å². The molecule has 1 aromatic rings. The zero-order valence-electron chi connectivity index (χ0n) is 5.14. The first kappa shape index (κ1) is 5.40. The molecule has 0 saturated carbocycles. The van der Waals surface area contributed by atoms with Gasteiger partial charge in [-0.05, 0) is 0 Å². The Morgan fingerprint density at radius 2 is 2.20 bits per heavy atom. The minimum absolute atomic E-state index is 0.661. The van der Waals surface area contributed by atoms with Crippen molar-refractivity contribution in [2.75, 3.05) is 0 Å². The summed E-state index contributed by atoms with van der Waals surface area (Å²) in [5, 5.41) is 11.4. The normalized spacial score (nSPS) is 16.6. The fraction of sp³-hybridized carbons (Fsp3) is 0.200. The van der Waals surface area contributed by atoms with E-state index in [9.17, 15) is 0 Å². The van der Waals surface area contributed by atoms with E-state index >= 15 is 0 Å². The fourth-order valence-electron chi connectivity index (χ4n) is 0.714. The molecule has 0 bridgehead atoms. The van der Waals surface area contributed by atoms with Crippen LogP contribution in [0.15, 0.2) is 17.5 Å². The number of hydrogen-bond acceptors (Lipinski definition) is 4. The monoisotopic (exact) mass is 137 g/mol. The van der Waals surface area contributed by atoms with Crippen molar-refractivity contribution in [3.63, 3.8) is 0 Å². The lowest BCUT2D eigenvalue weighted by molar-refractivity contribution is 0.234.